The van der Waals surface area contributed by atoms with Gasteiger partial charge in [0.05, 0.1) is 47.1 Å². The molecule has 1 aliphatic rings. The van der Waals surface area contributed by atoms with Crippen molar-refractivity contribution in [3.8, 4) is 17.2 Å². The SMILES string of the molecule is C=CCOc1ccc(/C=c2\sc3n(c2=O)[C@@H](c2ccc(OC)c(OC)c2)C(C(=O)OCC)=C(c2ccccc2)N=3)cc1Br. The third kappa shape index (κ3) is 6.07. The highest BCUT2D eigenvalue weighted by Crippen LogP contribution is 2.38. The van der Waals surface area contributed by atoms with Gasteiger partial charge in [0.15, 0.2) is 16.3 Å². The van der Waals surface area contributed by atoms with Gasteiger partial charge in [0.1, 0.15) is 12.4 Å². The van der Waals surface area contributed by atoms with Crippen molar-refractivity contribution in [2.45, 2.75) is 13.0 Å². The van der Waals surface area contributed by atoms with Crippen molar-refractivity contribution >= 4 is 45.0 Å². The van der Waals surface area contributed by atoms with Crippen LogP contribution in [0.25, 0.3) is 11.8 Å². The van der Waals surface area contributed by atoms with Crippen LogP contribution in [0.5, 0.6) is 17.2 Å². The van der Waals surface area contributed by atoms with Gasteiger partial charge in [-0.3, -0.25) is 9.36 Å². The van der Waals surface area contributed by atoms with Gasteiger partial charge in [-0.25, -0.2) is 9.79 Å². The Balaban J connectivity index is 1.77. The average Bonchev–Trinajstić information content (AvgIpc) is 3.34. The number of methoxy groups -OCH3 is 2. The van der Waals surface area contributed by atoms with Crippen LogP contribution in [0.4, 0.5) is 0 Å². The van der Waals surface area contributed by atoms with Crippen LogP contribution < -0.4 is 29.1 Å². The predicted octanol–water partition coefficient (Wildman–Crippen LogP) is 5.28. The van der Waals surface area contributed by atoms with Gasteiger partial charge in [0, 0.05) is 5.56 Å². The first-order chi connectivity index (χ1) is 20.9. The molecule has 0 amide bonds. The Morgan fingerprint density at radius 1 is 1.05 bits per heavy atom. The number of esters is 1. The lowest BCUT2D eigenvalue weighted by Crippen LogP contribution is -2.40. The molecule has 0 N–H and O–H groups in total. The lowest BCUT2D eigenvalue weighted by Gasteiger charge is -2.26. The van der Waals surface area contributed by atoms with Crippen molar-refractivity contribution in [1.29, 1.82) is 0 Å². The molecule has 2 heterocycles. The Morgan fingerprint density at radius 2 is 1.79 bits per heavy atom. The zero-order chi connectivity index (χ0) is 30.5. The minimum Gasteiger partial charge on any atom is -0.493 e. The van der Waals surface area contributed by atoms with Crippen LogP contribution in [-0.4, -0.2) is 38.0 Å². The summed E-state index contributed by atoms with van der Waals surface area (Å²) in [5, 5.41) is 0. The quantitative estimate of drug-likeness (QED) is 0.170. The summed E-state index contributed by atoms with van der Waals surface area (Å²) in [4.78, 5) is 33.2. The van der Waals surface area contributed by atoms with Crippen LogP contribution in [0.15, 0.2) is 99.2 Å². The molecule has 5 rings (SSSR count). The summed E-state index contributed by atoms with van der Waals surface area (Å²) < 4.78 is 25.0. The number of rotatable bonds is 10. The van der Waals surface area contributed by atoms with Gasteiger partial charge in [-0.15, -0.1) is 0 Å². The first kappa shape index (κ1) is 30.1. The van der Waals surface area contributed by atoms with E-state index in [0.29, 0.717) is 44.4 Å². The summed E-state index contributed by atoms with van der Waals surface area (Å²) in [6.45, 7) is 5.96. The molecule has 0 radical (unpaired) electrons. The number of hydrogen-bond donors (Lipinski definition) is 0. The highest BCUT2D eigenvalue weighted by atomic mass is 79.9. The number of hydrogen-bond acceptors (Lipinski definition) is 8. The van der Waals surface area contributed by atoms with Gasteiger partial charge in [0.2, 0.25) is 0 Å². The third-order valence-corrected chi connectivity index (χ3v) is 8.31. The number of carbonyl (C=O) groups is 1. The Kier molecular flexibility index (Phi) is 9.27. The summed E-state index contributed by atoms with van der Waals surface area (Å²) in [7, 11) is 3.09. The summed E-state index contributed by atoms with van der Waals surface area (Å²) in [6, 6.07) is 19.5. The molecule has 3 aromatic carbocycles. The van der Waals surface area contributed by atoms with E-state index in [1.165, 1.54) is 18.4 Å². The van der Waals surface area contributed by atoms with E-state index in [4.69, 9.17) is 23.9 Å². The van der Waals surface area contributed by atoms with Gasteiger partial charge in [-0.05, 0) is 64.3 Å². The first-order valence-electron chi connectivity index (χ1n) is 13.4. The van der Waals surface area contributed by atoms with Crippen LogP contribution in [0, 0.1) is 0 Å². The standard InChI is InChI=1S/C33H29BrN2O6S/c1-5-16-42-24-14-12-20(17-23(24)34)18-27-31(37)36-30(22-13-15-25(39-3)26(19-22)40-4)28(32(38)41-6-2)29(35-33(36)43-27)21-10-8-7-9-11-21/h5,7-15,17-19,30H,1,6,16H2,2-4H3/b27-18-/t30-/m0/s1. The molecule has 1 aromatic heterocycles. The lowest BCUT2D eigenvalue weighted by atomic mass is 9.93. The van der Waals surface area contributed by atoms with Crippen LogP contribution in [0.2, 0.25) is 0 Å². The highest BCUT2D eigenvalue weighted by molar-refractivity contribution is 9.10. The molecule has 0 fully saturated rings. The first-order valence-corrected chi connectivity index (χ1v) is 15.0. The van der Waals surface area contributed by atoms with E-state index in [1.807, 2.05) is 54.6 Å². The average molecular weight is 662 g/mol. The monoisotopic (exact) mass is 660 g/mol. The molecule has 0 spiro atoms. The molecule has 8 nitrogen and oxygen atoms in total. The van der Waals surface area contributed by atoms with Crippen LogP contribution in [-0.2, 0) is 9.53 Å². The molecule has 4 aromatic rings. The number of nitrogens with zero attached hydrogens (tertiary/aromatic N) is 2. The van der Waals surface area contributed by atoms with Gasteiger partial charge >= 0.3 is 5.97 Å². The van der Waals surface area contributed by atoms with Crippen LogP contribution in [0.1, 0.15) is 29.7 Å². The Bertz CT molecular complexity index is 1890. The maximum absolute atomic E-state index is 14.1. The molecule has 0 bridgehead atoms. The van der Waals surface area contributed by atoms with E-state index < -0.39 is 12.0 Å². The van der Waals surface area contributed by atoms with E-state index >= 15 is 0 Å². The van der Waals surface area contributed by atoms with Crippen molar-refractivity contribution in [1.82, 2.24) is 4.57 Å². The van der Waals surface area contributed by atoms with Gasteiger partial charge < -0.3 is 18.9 Å². The number of fused-ring (bicyclic) bond motifs is 1. The van der Waals surface area contributed by atoms with Gasteiger partial charge in [-0.2, -0.15) is 0 Å². The molecule has 0 unspecified atom stereocenters. The van der Waals surface area contributed by atoms with Crippen LogP contribution >= 0.6 is 27.3 Å². The van der Waals surface area contributed by atoms with Crippen molar-refractivity contribution in [3.63, 3.8) is 0 Å². The van der Waals surface area contributed by atoms with Crippen molar-refractivity contribution < 1.29 is 23.7 Å². The molecule has 43 heavy (non-hydrogen) atoms. The van der Waals surface area contributed by atoms with Gasteiger partial charge in [-0.1, -0.05) is 66.5 Å². The number of halogens is 1. The number of carbonyl (C=O) groups excluding carboxylic acids is 1. The summed E-state index contributed by atoms with van der Waals surface area (Å²) in [6.07, 6.45) is 3.47. The fourth-order valence-corrected chi connectivity index (χ4v) is 6.31. The fraction of sp³-hybridized carbons (Fsp3) is 0.182. The smallest absolute Gasteiger partial charge is 0.338 e. The largest absolute Gasteiger partial charge is 0.493 e. The Morgan fingerprint density at radius 3 is 2.47 bits per heavy atom. The maximum atomic E-state index is 14.1. The number of benzene rings is 3. The van der Waals surface area contributed by atoms with E-state index in [9.17, 15) is 9.59 Å². The van der Waals surface area contributed by atoms with Crippen molar-refractivity contribution in [2.24, 2.45) is 4.99 Å². The number of thiazole rings is 1. The van der Waals surface area contributed by atoms with Crippen molar-refractivity contribution in [3.05, 3.63) is 126 Å². The van der Waals surface area contributed by atoms with E-state index in [0.717, 1.165) is 15.6 Å². The topological polar surface area (TPSA) is 88.3 Å². The highest BCUT2D eigenvalue weighted by Gasteiger charge is 2.35. The van der Waals surface area contributed by atoms with Crippen molar-refractivity contribution in [2.75, 3.05) is 27.4 Å². The molecule has 1 aliphatic heterocycles. The summed E-state index contributed by atoms with van der Waals surface area (Å²) in [5.41, 5.74) is 2.57. The molecule has 220 valence electrons. The summed E-state index contributed by atoms with van der Waals surface area (Å²) in [5.74, 6) is 1.10. The van der Waals surface area contributed by atoms with Gasteiger partial charge in [0.25, 0.3) is 5.56 Å². The Labute approximate surface area is 261 Å². The lowest BCUT2D eigenvalue weighted by molar-refractivity contribution is -0.138. The fourth-order valence-electron chi connectivity index (χ4n) is 4.80. The van der Waals surface area contributed by atoms with Crippen LogP contribution in [0.3, 0.4) is 0 Å². The molecule has 0 saturated heterocycles. The second-order valence-corrected chi connectivity index (χ2v) is 11.2. The molecular weight excluding hydrogens is 632 g/mol. The Hall–Kier alpha value is -4.41. The zero-order valence-corrected chi connectivity index (χ0v) is 26.2. The number of aromatic nitrogens is 1. The second kappa shape index (κ2) is 13.3. The minimum atomic E-state index is -0.839. The molecule has 1 atom stereocenters. The van der Waals surface area contributed by atoms with E-state index in [1.54, 1.807) is 42.9 Å². The third-order valence-electron chi connectivity index (χ3n) is 6.71. The maximum Gasteiger partial charge on any atom is 0.338 e. The zero-order valence-electron chi connectivity index (χ0n) is 23.8. The molecule has 0 saturated carbocycles. The molecular formula is C33H29BrN2O6S. The molecule has 0 aliphatic carbocycles. The second-order valence-electron chi connectivity index (χ2n) is 9.34. The van der Waals surface area contributed by atoms with E-state index in [-0.39, 0.29) is 17.7 Å². The molecule has 10 heteroatoms. The number of ether oxygens (including phenoxy) is 4. The predicted molar refractivity (Wildman–Crippen MR) is 170 cm³/mol. The summed E-state index contributed by atoms with van der Waals surface area (Å²) >= 11 is 4.79. The minimum absolute atomic E-state index is 0.162. The normalized spacial score (nSPS) is 14.5. The van der Waals surface area contributed by atoms with E-state index in [2.05, 4.69) is 22.5 Å².